The highest BCUT2D eigenvalue weighted by atomic mass is 16.2. The van der Waals surface area contributed by atoms with Crippen LogP contribution in [-0.2, 0) is 14.4 Å². The third kappa shape index (κ3) is 2.90. The fourth-order valence-electron chi connectivity index (χ4n) is 2.97. The largest absolute Gasteiger partial charge is 0.334 e. The summed E-state index contributed by atoms with van der Waals surface area (Å²) in [5.41, 5.74) is 0.888. The molecular weight excluding hydrogens is 326 g/mol. The van der Waals surface area contributed by atoms with Crippen molar-refractivity contribution in [1.82, 2.24) is 9.80 Å². The summed E-state index contributed by atoms with van der Waals surface area (Å²) in [5, 5.41) is 0. The van der Waals surface area contributed by atoms with Crippen LogP contribution in [-0.4, -0.2) is 59.0 Å². The predicted octanol–water partition coefficient (Wildman–Crippen LogP) is 0.807. The lowest BCUT2D eigenvalue weighted by atomic mass is 10.1. The lowest BCUT2D eigenvalue weighted by molar-refractivity contribution is -0.143. The van der Waals surface area contributed by atoms with E-state index in [1.54, 1.807) is 36.1 Å². The number of rotatable bonds is 5. The molecule has 2 fully saturated rings. The van der Waals surface area contributed by atoms with Crippen molar-refractivity contribution in [1.29, 1.82) is 0 Å². The Kier molecular flexibility index (Phi) is 4.35. The monoisotopic (exact) mass is 343 g/mol. The molecule has 0 atom stereocenters. The Morgan fingerprint density at radius 1 is 1.08 bits per heavy atom. The van der Waals surface area contributed by atoms with Crippen molar-refractivity contribution in [2.24, 2.45) is 0 Å². The molecule has 130 valence electrons. The Balaban J connectivity index is 1.78. The molecule has 2 aliphatic rings. The van der Waals surface area contributed by atoms with E-state index >= 15 is 0 Å². The van der Waals surface area contributed by atoms with Crippen molar-refractivity contribution in [3.63, 3.8) is 0 Å². The van der Waals surface area contributed by atoms with E-state index in [1.807, 2.05) is 0 Å². The van der Waals surface area contributed by atoms with Crippen molar-refractivity contribution >= 4 is 35.2 Å². The molecule has 2 heterocycles. The van der Waals surface area contributed by atoms with Gasteiger partial charge in [-0.1, -0.05) is 12.1 Å². The quantitative estimate of drug-likeness (QED) is 0.448. The number of ketones is 1. The van der Waals surface area contributed by atoms with E-state index < -0.39 is 30.2 Å². The van der Waals surface area contributed by atoms with Crippen molar-refractivity contribution in [3.05, 3.63) is 29.8 Å². The minimum atomic E-state index is -0.994. The van der Waals surface area contributed by atoms with Gasteiger partial charge in [-0.15, -0.1) is 0 Å². The van der Waals surface area contributed by atoms with Crippen LogP contribution in [0.2, 0.25) is 0 Å². The molecule has 0 aliphatic carbocycles. The lowest BCUT2D eigenvalue weighted by Gasteiger charge is -2.17. The summed E-state index contributed by atoms with van der Waals surface area (Å²) in [6.45, 7) is 1.74. The molecule has 3 rings (SSSR count). The molecule has 0 aromatic heterocycles. The van der Waals surface area contributed by atoms with E-state index in [2.05, 4.69) is 0 Å². The van der Waals surface area contributed by atoms with E-state index in [9.17, 15) is 24.0 Å². The molecule has 2 saturated heterocycles. The van der Waals surface area contributed by atoms with Crippen molar-refractivity contribution in [2.45, 2.75) is 19.8 Å². The highest BCUT2D eigenvalue weighted by Gasteiger charge is 2.44. The minimum absolute atomic E-state index is 0.00122. The third-order valence-corrected chi connectivity index (χ3v) is 4.31. The highest BCUT2D eigenvalue weighted by molar-refractivity contribution is 6.45. The van der Waals surface area contributed by atoms with Crippen molar-refractivity contribution in [3.8, 4) is 0 Å². The van der Waals surface area contributed by atoms with Gasteiger partial charge >= 0.3 is 17.8 Å². The molecule has 0 N–H and O–H groups in total. The molecule has 5 amide bonds. The average molecular weight is 343 g/mol. The Hall–Kier alpha value is -3.03. The number of anilines is 1. The van der Waals surface area contributed by atoms with Crippen LogP contribution in [0.1, 0.15) is 30.1 Å². The first-order valence-corrected chi connectivity index (χ1v) is 8.05. The maximum absolute atomic E-state index is 12.5. The second kappa shape index (κ2) is 6.46. The zero-order valence-electron chi connectivity index (χ0n) is 13.7. The van der Waals surface area contributed by atoms with Crippen LogP contribution in [0.4, 0.5) is 10.5 Å². The smallest absolute Gasteiger partial charge is 0.312 e. The Morgan fingerprint density at radius 2 is 1.80 bits per heavy atom. The van der Waals surface area contributed by atoms with E-state index in [0.717, 1.165) is 11.3 Å². The second-order valence-electron chi connectivity index (χ2n) is 5.85. The fraction of sp³-hybridized carbons (Fsp3) is 0.353. The molecular formula is C17H17N3O5. The normalized spacial score (nSPS) is 17.9. The maximum Gasteiger partial charge on any atom is 0.334 e. The van der Waals surface area contributed by atoms with E-state index in [1.165, 1.54) is 0 Å². The van der Waals surface area contributed by atoms with Crippen LogP contribution in [0, 0.1) is 0 Å². The minimum Gasteiger partial charge on any atom is -0.312 e. The lowest BCUT2D eigenvalue weighted by Crippen LogP contribution is -2.37. The number of urea groups is 1. The maximum atomic E-state index is 12.5. The summed E-state index contributed by atoms with van der Waals surface area (Å²) in [7, 11) is 0. The molecule has 8 nitrogen and oxygen atoms in total. The van der Waals surface area contributed by atoms with E-state index in [-0.39, 0.29) is 18.0 Å². The zero-order chi connectivity index (χ0) is 18.1. The van der Waals surface area contributed by atoms with Gasteiger partial charge in [-0.3, -0.25) is 24.1 Å². The van der Waals surface area contributed by atoms with Gasteiger partial charge in [-0.2, -0.15) is 0 Å². The zero-order valence-corrected chi connectivity index (χ0v) is 13.7. The van der Waals surface area contributed by atoms with Crippen LogP contribution in [0.3, 0.4) is 0 Å². The second-order valence-corrected chi connectivity index (χ2v) is 5.85. The van der Waals surface area contributed by atoms with Gasteiger partial charge in [0.25, 0.3) is 0 Å². The molecule has 1 aromatic rings. The highest BCUT2D eigenvalue weighted by Crippen LogP contribution is 2.23. The summed E-state index contributed by atoms with van der Waals surface area (Å²) >= 11 is 0. The van der Waals surface area contributed by atoms with Crippen LogP contribution < -0.4 is 4.90 Å². The van der Waals surface area contributed by atoms with Gasteiger partial charge in [0.2, 0.25) is 5.91 Å². The van der Waals surface area contributed by atoms with Crippen molar-refractivity contribution in [2.75, 3.05) is 24.5 Å². The van der Waals surface area contributed by atoms with Crippen LogP contribution in [0.15, 0.2) is 24.3 Å². The summed E-state index contributed by atoms with van der Waals surface area (Å²) in [5.74, 6) is -2.39. The number of carbonyl (C=O) groups is 5. The SMILES string of the molecule is CCN1C(=O)C(=O)N(CC(=O)c2cccc(N3CCCC3=O)c2)C1=O. The summed E-state index contributed by atoms with van der Waals surface area (Å²) < 4.78 is 0. The average Bonchev–Trinajstić information content (AvgIpc) is 3.12. The van der Waals surface area contributed by atoms with Crippen LogP contribution >= 0.6 is 0 Å². The number of hydrogen-bond acceptors (Lipinski definition) is 5. The molecule has 25 heavy (non-hydrogen) atoms. The van der Waals surface area contributed by atoms with Gasteiger partial charge in [0.05, 0.1) is 6.54 Å². The number of Topliss-reactive ketones (excluding diaryl/α,β-unsaturated/α-hetero) is 1. The van der Waals surface area contributed by atoms with Gasteiger partial charge in [-0.25, -0.2) is 9.69 Å². The Bertz CT molecular complexity index is 788. The summed E-state index contributed by atoms with van der Waals surface area (Å²) in [4.78, 5) is 63.0. The van der Waals surface area contributed by atoms with E-state index in [4.69, 9.17) is 0 Å². The number of benzene rings is 1. The van der Waals surface area contributed by atoms with Gasteiger partial charge in [0.15, 0.2) is 5.78 Å². The molecule has 0 spiro atoms. The number of nitrogens with zero attached hydrogens (tertiary/aromatic N) is 3. The molecule has 2 aliphatic heterocycles. The topological polar surface area (TPSA) is 95.1 Å². The number of amides is 5. The number of likely N-dealkylation sites (N-methyl/N-ethyl adjacent to an activating group) is 1. The Labute approximate surface area is 144 Å². The first kappa shape index (κ1) is 16.8. The first-order chi connectivity index (χ1) is 11.9. The standard InChI is InChI=1S/C17H17N3O5/c1-2-18-15(23)16(24)20(17(18)25)10-13(21)11-5-3-6-12(9-11)19-8-4-7-14(19)22/h3,5-6,9H,2,4,7-8,10H2,1H3. The summed E-state index contributed by atoms with van der Waals surface area (Å²) in [6.07, 6.45) is 1.24. The summed E-state index contributed by atoms with van der Waals surface area (Å²) in [6, 6.07) is 5.71. The molecule has 0 bridgehead atoms. The number of hydrogen-bond donors (Lipinski definition) is 0. The molecule has 1 aromatic carbocycles. The third-order valence-electron chi connectivity index (χ3n) is 4.31. The fourth-order valence-corrected chi connectivity index (χ4v) is 2.97. The van der Waals surface area contributed by atoms with Crippen molar-refractivity contribution < 1.29 is 24.0 Å². The van der Waals surface area contributed by atoms with Crippen LogP contribution in [0.25, 0.3) is 0 Å². The van der Waals surface area contributed by atoms with Crippen LogP contribution in [0.5, 0.6) is 0 Å². The number of imide groups is 2. The van der Waals surface area contributed by atoms with Gasteiger partial charge < -0.3 is 4.90 Å². The molecule has 0 radical (unpaired) electrons. The Morgan fingerprint density at radius 3 is 2.40 bits per heavy atom. The van der Waals surface area contributed by atoms with E-state index in [0.29, 0.717) is 23.6 Å². The first-order valence-electron chi connectivity index (χ1n) is 8.05. The molecule has 0 saturated carbocycles. The number of carbonyl (C=O) groups excluding carboxylic acids is 5. The predicted molar refractivity (Wildman–Crippen MR) is 86.9 cm³/mol. The molecule has 0 unspecified atom stereocenters. The van der Waals surface area contributed by atoms with Gasteiger partial charge in [0.1, 0.15) is 0 Å². The van der Waals surface area contributed by atoms with Gasteiger partial charge in [-0.05, 0) is 25.5 Å². The molecule has 8 heteroatoms. The van der Waals surface area contributed by atoms with Gasteiger partial charge in [0, 0.05) is 30.8 Å².